The first-order chi connectivity index (χ1) is 7.52. The fourth-order valence-corrected chi connectivity index (χ4v) is 1.75. The molecule has 0 spiro atoms. The third kappa shape index (κ3) is 3.90. The van der Waals surface area contributed by atoms with Gasteiger partial charge in [0.25, 0.3) is 0 Å². The lowest BCUT2D eigenvalue weighted by molar-refractivity contribution is 0.324. The minimum Gasteiger partial charge on any atom is -0.393 e. The molecule has 0 aliphatic carbocycles. The Morgan fingerprint density at radius 3 is 2.88 bits per heavy atom. The number of aryl methyl sites for hydroxylation is 2. The van der Waals surface area contributed by atoms with Crippen molar-refractivity contribution in [2.45, 2.75) is 33.4 Å². The third-order valence-corrected chi connectivity index (χ3v) is 2.66. The van der Waals surface area contributed by atoms with Crippen molar-refractivity contribution < 1.29 is 0 Å². The van der Waals surface area contributed by atoms with Gasteiger partial charge in [0.1, 0.15) is 0 Å². The smallest absolute Gasteiger partial charge is 0.0740 e. The van der Waals surface area contributed by atoms with Crippen LogP contribution in [0.3, 0.4) is 0 Å². The van der Waals surface area contributed by atoms with E-state index in [2.05, 4.69) is 30.0 Å². The maximum atomic E-state index is 5.48. The largest absolute Gasteiger partial charge is 0.393 e. The Morgan fingerprint density at radius 2 is 2.31 bits per heavy atom. The van der Waals surface area contributed by atoms with Gasteiger partial charge in [0.15, 0.2) is 0 Å². The molecular formula is C11H20N4S. The standard InChI is InChI=1S/C11H20N4S/c1-4-15-10(7-9(2)13-15)8-14(3)6-5-11(12)16/h7H,4-6,8H2,1-3H3,(H2,12,16). The number of hydrogen-bond acceptors (Lipinski definition) is 3. The number of nitrogens with zero attached hydrogens (tertiary/aromatic N) is 3. The predicted molar refractivity (Wildman–Crippen MR) is 70.4 cm³/mol. The lowest BCUT2D eigenvalue weighted by atomic mass is 10.3. The average molecular weight is 240 g/mol. The van der Waals surface area contributed by atoms with Gasteiger partial charge in [-0.1, -0.05) is 12.2 Å². The minimum absolute atomic E-state index is 0.576. The van der Waals surface area contributed by atoms with Crippen molar-refractivity contribution in [1.29, 1.82) is 0 Å². The van der Waals surface area contributed by atoms with E-state index >= 15 is 0 Å². The van der Waals surface area contributed by atoms with Gasteiger partial charge in [-0.25, -0.2) is 0 Å². The van der Waals surface area contributed by atoms with Gasteiger partial charge in [0.2, 0.25) is 0 Å². The van der Waals surface area contributed by atoms with Crippen LogP contribution in [0.4, 0.5) is 0 Å². The van der Waals surface area contributed by atoms with Gasteiger partial charge >= 0.3 is 0 Å². The van der Waals surface area contributed by atoms with Crippen LogP contribution in [0.25, 0.3) is 0 Å². The van der Waals surface area contributed by atoms with Crippen LogP contribution < -0.4 is 5.73 Å². The summed E-state index contributed by atoms with van der Waals surface area (Å²) in [6, 6.07) is 2.13. The molecule has 0 aromatic carbocycles. The van der Waals surface area contributed by atoms with Crippen molar-refractivity contribution in [3.63, 3.8) is 0 Å². The Bertz CT molecular complexity index is 359. The topological polar surface area (TPSA) is 47.1 Å². The number of thiocarbonyl (C=S) groups is 1. The van der Waals surface area contributed by atoms with Crippen LogP contribution in [-0.2, 0) is 13.1 Å². The summed E-state index contributed by atoms with van der Waals surface area (Å²) in [7, 11) is 2.07. The highest BCUT2D eigenvalue weighted by Gasteiger charge is 2.07. The van der Waals surface area contributed by atoms with Crippen LogP contribution >= 0.6 is 12.2 Å². The molecule has 2 N–H and O–H groups in total. The molecular weight excluding hydrogens is 220 g/mol. The van der Waals surface area contributed by atoms with Gasteiger partial charge in [-0.15, -0.1) is 0 Å². The molecule has 16 heavy (non-hydrogen) atoms. The average Bonchev–Trinajstić information content (AvgIpc) is 2.55. The van der Waals surface area contributed by atoms with E-state index in [0.717, 1.165) is 31.7 Å². The molecule has 0 atom stereocenters. The zero-order valence-corrected chi connectivity index (χ0v) is 11.0. The predicted octanol–water partition coefficient (Wildman–Crippen LogP) is 1.32. The van der Waals surface area contributed by atoms with Gasteiger partial charge < -0.3 is 10.6 Å². The first-order valence-corrected chi connectivity index (χ1v) is 5.94. The van der Waals surface area contributed by atoms with Crippen molar-refractivity contribution in [1.82, 2.24) is 14.7 Å². The van der Waals surface area contributed by atoms with Gasteiger partial charge in [-0.2, -0.15) is 5.10 Å². The molecule has 0 saturated heterocycles. The molecule has 90 valence electrons. The molecule has 0 unspecified atom stereocenters. The van der Waals surface area contributed by atoms with E-state index in [1.54, 1.807) is 0 Å². The zero-order valence-electron chi connectivity index (χ0n) is 10.2. The van der Waals surface area contributed by atoms with Crippen LogP contribution in [-0.4, -0.2) is 33.3 Å². The molecule has 1 aromatic heterocycles. The quantitative estimate of drug-likeness (QED) is 0.762. The first-order valence-electron chi connectivity index (χ1n) is 5.53. The Hall–Kier alpha value is -0.940. The molecule has 0 radical (unpaired) electrons. The SMILES string of the molecule is CCn1nc(C)cc1CN(C)CCC(N)=S. The normalized spacial score (nSPS) is 11.0. The van der Waals surface area contributed by atoms with E-state index in [0.29, 0.717) is 4.99 Å². The molecule has 0 saturated carbocycles. The number of hydrogen-bond donors (Lipinski definition) is 1. The molecule has 4 nitrogen and oxygen atoms in total. The highest BCUT2D eigenvalue weighted by molar-refractivity contribution is 7.80. The first kappa shape index (κ1) is 13.1. The second-order valence-electron chi connectivity index (χ2n) is 4.05. The summed E-state index contributed by atoms with van der Waals surface area (Å²) in [5.41, 5.74) is 7.79. The van der Waals surface area contributed by atoms with Crippen LogP contribution in [0.5, 0.6) is 0 Å². The minimum atomic E-state index is 0.576. The second-order valence-corrected chi connectivity index (χ2v) is 4.57. The highest BCUT2D eigenvalue weighted by atomic mass is 32.1. The Labute approximate surface area is 102 Å². The van der Waals surface area contributed by atoms with Gasteiger partial charge in [0.05, 0.1) is 16.4 Å². The van der Waals surface area contributed by atoms with Crippen LogP contribution in [0.15, 0.2) is 6.07 Å². The van der Waals surface area contributed by atoms with E-state index in [4.69, 9.17) is 18.0 Å². The zero-order chi connectivity index (χ0) is 12.1. The lowest BCUT2D eigenvalue weighted by Crippen LogP contribution is -2.24. The third-order valence-electron chi connectivity index (χ3n) is 2.46. The van der Waals surface area contributed by atoms with Crippen molar-refractivity contribution in [3.8, 4) is 0 Å². The molecule has 1 aromatic rings. The van der Waals surface area contributed by atoms with E-state index in [1.807, 2.05) is 11.6 Å². The Kier molecular flexibility index (Phi) is 4.89. The highest BCUT2D eigenvalue weighted by Crippen LogP contribution is 2.06. The number of aromatic nitrogens is 2. The van der Waals surface area contributed by atoms with Gasteiger partial charge in [-0.3, -0.25) is 4.68 Å². The maximum Gasteiger partial charge on any atom is 0.0740 e. The maximum absolute atomic E-state index is 5.48. The molecule has 1 rings (SSSR count). The summed E-state index contributed by atoms with van der Waals surface area (Å²) in [6.07, 6.45) is 0.769. The van der Waals surface area contributed by atoms with Crippen molar-refractivity contribution in [2.75, 3.05) is 13.6 Å². The van der Waals surface area contributed by atoms with E-state index < -0.39 is 0 Å². The van der Waals surface area contributed by atoms with Crippen LogP contribution in [0.2, 0.25) is 0 Å². The van der Waals surface area contributed by atoms with Gasteiger partial charge in [-0.05, 0) is 27.0 Å². The Balaban J connectivity index is 2.54. The van der Waals surface area contributed by atoms with Crippen molar-refractivity contribution in [2.24, 2.45) is 5.73 Å². The number of nitrogens with two attached hydrogens (primary N) is 1. The lowest BCUT2D eigenvalue weighted by Gasteiger charge is -2.16. The molecule has 5 heteroatoms. The molecule has 0 amide bonds. The molecule has 0 bridgehead atoms. The molecule has 0 aliphatic heterocycles. The molecule has 0 fully saturated rings. The fraction of sp³-hybridized carbons (Fsp3) is 0.636. The van der Waals surface area contributed by atoms with Crippen molar-refractivity contribution >= 4 is 17.2 Å². The summed E-state index contributed by atoms with van der Waals surface area (Å²) in [6.45, 7) is 6.81. The van der Waals surface area contributed by atoms with Crippen LogP contribution in [0, 0.1) is 6.92 Å². The summed E-state index contributed by atoms with van der Waals surface area (Å²) in [5, 5.41) is 4.42. The second kappa shape index (κ2) is 5.96. The summed E-state index contributed by atoms with van der Waals surface area (Å²) in [4.78, 5) is 2.79. The van der Waals surface area contributed by atoms with Gasteiger partial charge in [0, 0.05) is 26.1 Å². The monoisotopic (exact) mass is 240 g/mol. The van der Waals surface area contributed by atoms with E-state index in [9.17, 15) is 0 Å². The van der Waals surface area contributed by atoms with Crippen LogP contribution in [0.1, 0.15) is 24.7 Å². The van der Waals surface area contributed by atoms with E-state index in [-0.39, 0.29) is 0 Å². The number of rotatable bonds is 6. The summed E-state index contributed by atoms with van der Waals surface area (Å²) in [5.74, 6) is 0. The van der Waals surface area contributed by atoms with E-state index in [1.165, 1.54) is 5.69 Å². The van der Waals surface area contributed by atoms with Crippen molar-refractivity contribution in [3.05, 3.63) is 17.5 Å². The fourth-order valence-electron chi connectivity index (χ4n) is 1.66. The summed E-state index contributed by atoms with van der Waals surface area (Å²) >= 11 is 4.86. The summed E-state index contributed by atoms with van der Waals surface area (Å²) < 4.78 is 2.03. The molecule has 0 aliphatic rings. The molecule has 1 heterocycles. The Morgan fingerprint density at radius 1 is 1.62 bits per heavy atom.